The van der Waals surface area contributed by atoms with Crippen LogP contribution in [0.2, 0.25) is 0 Å². The Kier molecular flexibility index (Phi) is 6.09. The number of benzene rings is 1. The molecule has 0 nitrogen and oxygen atoms in total. The lowest BCUT2D eigenvalue weighted by Gasteiger charge is -2.22. The first kappa shape index (κ1) is 14.9. The Morgan fingerprint density at radius 2 is 1.94 bits per heavy atom. The minimum Gasteiger partial charge on any atom is -0.0995 e. The van der Waals surface area contributed by atoms with E-state index < -0.39 is 7.26 Å². The van der Waals surface area contributed by atoms with Crippen LogP contribution in [0.15, 0.2) is 66.5 Å². The summed E-state index contributed by atoms with van der Waals surface area (Å²) in [4.78, 5) is 0. The quantitative estimate of drug-likeness (QED) is 0.382. The summed E-state index contributed by atoms with van der Waals surface area (Å²) in [7, 11) is -1.31. The van der Waals surface area contributed by atoms with Crippen molar-refractivity contribution in [2.45, 2.75) is 20.3 Å². The lowest BCUT2D eigenvalue weighted by molar-refractivity contribution is 1.22. The van der Waals surface area contributed by atoms with Crippen LogP contribution in [0.25, 0.3) is 0 Å². The molecule has 1 aromatic carbocycles. The van der Waals surface area contributed by atoms with Gasteiger partial charge in [0, 0.05) is 0 Å². The van der Waals surface area contributed by atoms with Gasteiger partial charge in [-0.1, -0.05) is 43.9 Å². The van der Waals surface area contributed by atoms with E-state index in [4.69, 9.17) is 0 Å². The molecule has 0 aromatic heterocycles. The fourth-order valence-corrected chi connectivity index (χ4v) is 5.32. The topological polar surface area (TPSA) is 0 Å². The fraction of sp³-hybridized carbons (Fsp3) is 0.294. The molecule has 0 saturated heterocycles. The fourth-order valence-electron chi connectivity index (χ4n) is 2.19. The zero-order chi connectivity index (χ0) is 13.4. The molecule has 0 saturated carbocycles. The van der Waals surface area contributed by atoms with Crippen LogP contribution in [0.4, 0.5) is 0 Å². The van der Waals surface area contributed by atoms with Crippen LogP contribution in [0.1, 0.15) is 20.3 Å². The number of allylic oxidation sites excluding steroid dienone is 5. The Morgan fingerprint density at radius 3 is 2.44 bits per heavy atom. The highest BCUT2D eigenvalue weighted by Gasteiger charge is 2.36. The first-order valence-corrected chi connectivity index (χ1v) is 8.96. The van der Waals surface area contributed by atoms with Gasteiger partial charge in [0.05, 0.1) is 30.7 Å². The van der Waals surface area contributed by atoms with Crippen molar-refractivity contribution in [3.05, 3.63) is 66.5 Å². The van der Waals surface area contributed by atoms with Gasteiger partial charge in [0.15, 0.2) is 0 Å². The highest BCUT2D eigenvalue weighted by atomic mass is 31.2. The molecule has 0 heterocycles. The summed E-state index contributed by atoms with van der Waals surface area (Å²) in [6, 6.07) is 10.9. The Morgan fingerprint density at radius 1 is 1.28 bits per heavy atom. The van der Waals surface area contributed by atoms with Crippen molar-refractivity contribution in [1.29, 1.82) is 0 Å². The van der Waals surface area contributed by atoms with Crippen molar-refractivity contribution in [2.75, 3.05) is 12.8 Å². The van der Waals surface area contributed by atoms with E-state index >= 15 is 0 Å². The van der Waals surface area contributed by atoms with Crippen molar-refractivity contribution in [3.63, 3.8) is 0 Å². The average Bonchev–Trinajstić information content (AvgIpc) is 2.40. The van der Waals surface area contributed by atoms with E-state index in [1.165, 1.54) is 10.6 Å². The summed E-state index contributed by atoms with van der Waals surface area (Å²) in [6.07, 6.45) is 11.0. The molecule has 1 unspecified atom stereocenters. The zero-order valence-electron chi connectivity index (χ0n) is 11.8. The Balaban J connectivity index is 3.29. The predicted octanol–water partition coefficient (Wildman–Crippen LogP) is 5.02. The smallest absolute Gasteiger partial charge is 0.0992 e. The number of rotatable bonds is 6. The SMILES string of the molecule is C=CC[P+](C)(C(/C=C\C)=C/CC)c1ccccc1. The van der Waals surface area contributed by atoms with Crippen LogP contribution in [0.3, 0.4) is 0 Å². The van der Waals surface area contributed by atoms with Crippen LogP contribution in [0.5, 0.6) is 0 Å². The monoisotopic (exact) mass is 259 g/mol. The highest BCUT2D eigenvalue weighted by molar-refractivity contribution is 7.86. The molecule has 1 atom stereocenters. The van der Waals surface area contributed by atoms with Crippen molar-refractivity contribution < 1.29 is 0 Å². The standard InChI is InChI=1S/C17H24P/c1-5-11-16(12-6-2)18(4,15-7-3)17-13-9-8-10-14-17/h5,7-14H,3,6,15H2,1-2,4H3/q+1/b11-5-,16-12+. The van der Waals surface area contributed by atoms with Crippen molar-refractivity contribution in [2.24, 2.45) is 0 Å². The van der Waals surface area contributed by atoms with Gasteiger partial charge < -0.3 is 0 Å². The van der Waals surface area contributed by atoms with Crippen molar-refractivity contribution >= 4 is 12.6 Å². The third-order valence-electron chi connectivity index (χ3n) is 3.14. The lowest BCUT2D eigenvalue weighted by atomic mass is 10.4. The maximum atomic E-state index is 3.95. The lowest BCUT2D eigenvalue weighted by Crippen LogP contribution is -2.13. The normalized spacial score (nSPS) is 15.6. The third kappa shape index (κ3) is 3.43. The summed E-state index contributed by atoms with van der Waals surface area (Å²) >= 11 is 0. The molecule has 0 bridgehead atoms. The maximum Gasteiger partial charge on any atom is 0.0992 e. The Bertz CT molecular complexity index is 428. The molecular weight excluding hydrogens is 235 g/mol. The molecule has 96 valence electrons. The van der Waals surface area contributed by atoms with Gasteiger partial charge in [-0.25, -0.2) is 0 Å². The van der Waals surface area contributed by atoms with Gasteiger partial charge in [-0.05, 0) is 37.6 Å². The van der Waals surface area contributed by atoms with E-state index in [1.54, 1.807) is 0 Å². The van der Waals surface area contributed by atoms with Crippen LogP contribution >= 0.6 is 7.26 Å². The molecule has 1 rings (SSSR count). The second-order valence-corrected chi connectivity index (χ2v) is 8.32. The van der Waals surface area contributed by atoms with Crippen LogP contribution in [-0.4, -0.2) is 12.8 Å². The van der Waals surface area contributed by atoms with Crippen LogP contribution in [-0.2, 0) is 0 Å². The molecule has 0 fully saturated rings. The van der Waals surface area contributed by atoms with E-state index in [2.05, 4.69) is 81.7 Å². The summed E-state index contributed by atoms with van der Waals surface area (Å²) in [5.74, 6) is 0. The molecule has 0 aliphatic carbocycles. The number of hydrogen-bond donors (Lipinski definition) is 0. The van der Waals surface area contributed by atoms with Crippen molar-refractivity contribution in [3.8, 4) is 0 Å². The molecule has 0 radical (unpaired) electrons. The van der Waals surface area contributed by atoms with Gasteiger partial charge in [-0.15, -0.1) is 0 Å². The summed E-state index contributed by atoms with van der Waals surface area (Å²) < 4.78 is 0. The number of hydrogen-bond acceptors (Lipinski definition) is 0. The molecule has 0 spiro atoms. The van der Waals surface area contributed by atoms with Gasteiger partial charge in [0.1, 0.15) is 0 Å². The van der Waals surface area contributed by atoms with Crippen molar-refractivity contribution in [1.82, 2.24) is 0 Å². The summed E-state index contributed by atoms with van der Waals surface area (Å²) in [6.45, 7) is 10.6. The van der Waals surface area contributed by atoms with E-state index in [1.807, 2.05) is 0 Å². The highest BCUT2D eigenvalue weighted by Crippen LogP contribution is 2.61. The molecule has 1 heteroatoms. The second kappa shape index (κ2) is 7.34. The first-order valence-electron chi connectivity index (χ1n) is 6.54. The predicted molar refractivity (Wildman–Crippen MR) is 87.2 cm³/mol. The Labute approximate surface area is 112 Å². The van der Waals surface area contributed by atoms with E-state index in [9.17, 15) is 0 Å². The molecule has 0 N–H and O–H groups in total. The minimum absolute atomic E-state index is 1.06. The average molecular weight is 259 g/mol. The second-order valence-electron chi connectivity index (χ2n) is 4.54. The van der Waals surface area contributed by atoms with Crippen LogP contribution in [0, 0.1) is 0 Å². The third-order valence-corrected chi connectivity index (χ3v) is 7.04. The van der Waals surface area contributed by atoms with Gasteiger partial charge in [0.25, 0.3) is 0 Å². The van der Waals surface area contributed by atoms with Gasteiger partial charge >= 0.3 is 0 Å². The molecule has 18 heavy (non-hydrogen) atoms. The minimum atomic E-state index is -1.31. The van der Waals surface area contributed by atoms with Crippen LogP contribution < -0.4 is 5.30 Å². The molecule has 0 amide bonds. The summed E-state index contributed by atoms with van der Waals surface area (Å²) in [5.41, 5.74) is 0. The van der Waals surface area contributed by atoms with E-state index in [0.29, 0.717) is 0 Å². The maximum absolute atomic E-state index is 3.95. The Hall–Kier alpha value is -1.13. The molecule has 0 aliphatic heterocycles. The van der Waals surface area contributed by atoms with E-state index in [-0.39, 0.29) is 0 Å². The van der Waals surface area contributed by atoms with Gasteiger partial charge in [-0.2, -0.15) is 0 Å². The van der Waals surface area contributed by atoms with Gasteiger partial charge in [0.2, 0.25) is 0 Å². The largest absolute Gasteiger partial charge is 0.0995 e. The first-order chi connectivity index (χ1) is 8.69. The molecule has 1 aromatic rings. The molecular formula is C17H24P+. The molecule has 0 aliphatic rings. The van der Waals surface area contributed by atoms with Gasteiger partial charge in [-0.3, -0.25) is 0 Å². The zero-order valence-corrected chi connectivity index (χ0v) is 12.7. The van der Waals surface area contributed by atoms with E-state index in [0.717, 1.165) is 12.6 Å². The summed E-state index contributed by atoms with van der Waals surface area (Å²) in [5, 5.41) is 2.95.